The van der Waals surface area contributed by atoms with Crippen LogP contribution in [0.2, 0.25) is 0 Å². The highest BCUT2D eigenvalue weighted by molar-refractivity contribution is 5.96. The highest BCUT2D eigenvalue weighted by Gasteiger charge is 2.22. The van der Waals surface area contributed by atoms with Crippen molar-refractivity contribution in [1.29, 1.82) is 0 Å². The quantitative estimate of drug-likeness (QED) is 0.612. The van der Waals surface area contributed by atoms with Crippen molar-refractivity contribution in [2.24, 2.45) is 0 Å². The van der Waals surface area contributed by atoms with Gasteiger partial charge in [-0.3, -0.25) is 4.79 Å². The molecule has 0 bridgehead atoms. The van der Waals surface area contributed by atoms with Crippen LogP contribution >= 0.6 is 12.4 Å². The predicted molar refractivity (Wildman–Crippen MR) is 91.6 cm³/mol. The summed E-state index contributed by atoms with van der Waals surface area (Å²) in [6, 6.07) is 3.15. The van der Waals surface area contributed by atoms with Crippen LogP contribution in [0.4, 0.5) is 5.69 Å². The number of aromatic hydroxyl groups is 1. The van der Waals surface area contributed by atoms with Gasteiger partial charge in [-0.1, -0.05) is 0 Å². The summed E-state index contributed by atoms with van der Waals surface area (Å²) in [5.41, 5.74) is 1.12. The molecule has 6 nitrogen and oxygen atoms in total. The van der Waals surface area contributed by atoms with E-state index in [1.807, 2.05) is 20.8 Å². The highest BCUT2D eigenvalue weighted by Crippen LogP contribution is 2.38. The van der Waals surface area contributed by atoms with E-state index in [0.29, 0.717) is 30.8 Å². The van der Waals surface area contributed by atoms with Gasteiger partial charge in [0.2, 0.25) is 5.91 Å². The number of aliphatic hydroxyl groups excluding tert-OH is 1. The molecule has 23 heavy (non-hydrogen) atoms. The van der Waals surface area contributed by atoms with E-state index in [-0.39, 0.29) is 36.2 Å². The van der Waals surface area contributed by atoms with Crippen molar-refractivity contribution in [2.75, 3.05) is 18.5 Å². The number of fused-ring (bicyclic) bond motifs is 1. The van der Waals surface area contributed by atoms with Crippen molar-refractivity contribution in [1.82, 2.24) is 5.32 Å². The number of aliphatic hydroxyl groups is 1. The Kier molecular flexibility index (Phi) is 6.68. The molecule has 1 aromatic carbocycles. The average molecular weight is 345 g/mol. The van der Waals surface area contributed by atoms with E-state index in [4.69, 9.17) is 4.74 Å². The minimum atomic E-state index is -0.637. The third-order valence-electron chi connectivity index (χ3n) is 3.41. The molecule has 0 saturated carbocycles. The molecule has 0 saturated heterocycles. The molecule has 1 aliphatic heterocycles. The van der Waals surface area contributed by atoms with E-state index < -0.39 is 6.10 Å². The number of carbonyl (C=O) groups excluding carboxylic acids is 1. The van der Waals surface area contributed by atoms with E-state index in [1.165, 1.54) is 6.07 Å². The fourth-order valence-corrected chi connectivity index (χ4v) is 2.25. The summed E-state index contributed by atoms with van der Waals surface area (Å²) in [5.74, 6) is 0.502. The second-order valence-electron chi connectivity index (χ2n) is 6.58. The Labute approximate surface area is 142 Å². The van der Waals surface area contributed by atoms with E-state index in [2.05, 4.69) is 10.6 Å². The Bertz CT molecular complexity index is 558. The van der Waals surface area contributed by atoms with Gasteiger partial charge in [0.15, 0.2) is 0 Å². The normalized spacial score (nSPS) is 15.2. The van der Waals surface area contributed by atoms with Gasteiger partial charge in [0.25, 0.3) is 0 Å². The van der Waals surface area contributed by atoms with Gasteiger partial charge in [-0.25, -0.2) is 0 Å². The number of hydrogen-bond acceptors (Lipinski definition) is 5. The number of benzene rings is 1. The van der Waals surface area contributed by atoms with Crippen LogP contribution in [0.1, 0.15) is 32.8 Å². The smallest absolute Gasteiger partial charge is 0.224 e. The molecule has 0 fully saturated rings. The summed E-state index contributed by atoms with van der Waals surface area (Å²) >= 11 is 0. The minimum absolute atomic E-state index is 0. The Hall–Kier alpha value is -1.50. The standard InChI is InChI=1S/C16H24N2O4.ClH/c1-16(2,3)17-8-10(19)9-22-13-6-5-12(20)15-11(13)4-7-14(21)18-15;/h5-6,10,17,19-20H,4,7-9H2,1-3H3,(H,18,21);1H. The van der Waals surface area contributed by atoms with Crippen molar-refractivity contribution in [2.45, 2.75) is 45.3 Å². The molecular weight excluding hydrogens is 320 g/mol. The zero-order valence-corrected chi connectivity index (χ0v) is 14.5. The lowest BCUT2D eigenvalue weighted by molar-refractivity contribution is -0.116. The topological polar surface area (TPSA) is 90.8 Å². The van der Waals surface area contributed by atoms with E-state index >= 15 is 0 Å². The lowest BCUT2D eigenvalue weighted by atomic mass is 10.0. The van der Waals surface area contributed by atoms with Gasteiger partial charge in [0, 0.05) is 24.1 Å². The Balaban J connectivity index is 0.00000264. The van der Waals surface area contributed by atoms with Crippen molar-refractivity contribution in [3.8, 4) is 11.5 Å². The predicted octanol–water partition coefficient (Wildman–Crippen LogP) is 1.83. The van der Waals surface area contributed by atoms with Crippen molar-refractivity contribution in [3.63, 3.8) is 0 Å². The third-order valence-corrected chi connectivity index (χ3v) is 3.41. The first-order chi connectivity index (χ1) is 10.3. The molecule has 0 aliphatic carbocycles. The van der Waals surface area contributed by atoms with Crippen LogP contribution in [0.15, 0.2) is 12.1 Å². The molecule has 1 amide bonds. The first-order valence-corrected chi connectivity index (χ1v) is 7.47. The van der Waals surface area contributed by atoms with Gasteiger partial charge in [-0.05, 0) is 39.3 Å². The zero-order valence-electron chi connectivity index (χ0n) is 13.7. The molecule has 7 heteroatoms. The molecule has 0 aromatic heterocycles. The lowest BCUT2D eigenvalue weighted by Crippen LogP contribution is -2.42. The molecule has 2 rings (SSSR count). The monoisotopic (exact) mass is 344 g/mol. The third kappa shape index (κ3) is 5.57. The molecule has 1 aliphatic rings. The summed E-state index contributed by atoms with van der Waals surface area (Å²) in [6.07, 6.45) is 0.240. The summed E-state index contributed by atoms with van der Waals surface area (Å²) in [4.78, 5) is 11.4. The van der Waals surface area contributed by atoms with E-state index in [1.54, 1.807) is 6.07 Å². The minimum Gasteiger partial charge on any atom is -0.506 e. The van der Waals surface area contributed by atoms with Gasteiger partial charge in [-0.2, -0.15) is 0 Å². The Morgan fingerprint density at radius 3 is 2.70 bits per heavy atom. The maximum absolute atomic E-state index is 11.4. The van der Waals surface area contributed by atoms with Crippen LogP contribution in [-0.2, 0) is 11.2 Å². The largest absolute Gasteiger partial charge is 0.506 e. The maximum atomic E-state index is 11.4. The molecule has 4 N–H and O–H groups in total. The number of ether oxygens (including phenoxy) is 1. The van der Waals surface area contributed by atoms with Crippen LogP contribution in [0, 0.1) is 0 Å². The van der Waals surface area contributed by atoms with E-state index in [9.17, 15) is 15.0 Å². The molecule has 1 atom stereocenters. The summed E-state index contributed by atoms with van der Waals surface area (Å²) < 4.78 is 5.67. The molecular formula is C16H25ClN2O4. The number of phenolic OH excluding ortho intramolecular Hbond substituents is 1. The second-order valence-corrected chi connectivity index (χ2v) is 6.58. The van der Waals surface area contributed by atoms with Crippen LogP contribution in [0.25, 0.3) is 0 Å². The second kappa shape index (κ2) is 7.86. The van der Waals surface area contributed by atoms with E-state index in [0.717, 1.165) is 5.56 Å². The van der Waals surface area contributed by atoms with Crippen LogP contribution in [0.3, 0.4) is 0 Å². The molecule has 1 aromatic rings. The molecule has 1 heterocycles. The summed E-state index contributed by atoms with van der Waals surface area (Å²) in [5, 5.41) is 25.7. The van der Waals surface area contributed by atoms with Crippen LogP contribution in [-0.4, -0.2) is 40.9 Å². The number of carbonyl (C=O) groups is 1. The first-order valence-electron chi connectivity index (χ1n) is 7.47. The van der Waals surface area contributed by atoms with Crippen molar-refractivity contribution < 1.29 is 19.7 Å². The Morgan fingerprint density at radius 2 is 2.04 bits per heavy atom. The number of β-amino-alcohol motifs (C(OH)–C–C–N with tert-alkyl or cyclic N) is 1. The number of hydrogen-bond donors (Lipinski definition) is 4. The molecule has 0 spiro atoms. The molecule has 130 valence electrons. The SMILES string of the molecule is CC(C)(C)NCC(O)COc1ccc(O)c2c1CCC(=O)N2.Cl. The average Bonchev–Trinajstić information content (AvgIpc) is 2.44. The van der Waals surface area contributed by atoms with Gasteiger partial charge in [0.05, 0.1) is 5.69 Å². The number of phenols is 1. The van der Waals surface area contributed by atoms with Crippen LogP contribution < -0.4 is 15.4 Å². The molecule has 1 unspecified atom stereocenters. The molecule has 0 radical (unpaired) electrons. The zero-order chi connectivity index (χ0) is 16.3. The number of halogens is 1. The number of rotatable bonds is 5. The summed E-state index contributed by atoms with van der Waals surface area (Å²) in [6.45, 7) is 6.66. The highest BCUT2D eigenvalue weighted by atomic mass is 35.5. The van der Waals surface area contributed by atoms with Gasteiger partial charge in [0.1, 0.15) is 24.2 Å². The number of nitrogens with one attached hydrogen (secondary N) is 2. The summed E-state index contributed by atoms with van der Waals surface area (Å²) in [7, 11) is 0. The van der Waals surface area contributed by atoms with Gasteiger partial charge >= 0.3 is 0 Å². The Morgan fingerprint density at radius 1 is 1.35 bits per heavy atom. The van der Waals surface area contributed by atoms with Crippen molar-refractivity contribution >= 4 is 24.0 Å². The van der Waals surface area contributed by atoms with Gasteiger partial charge < -0.3 is 25.6 Å². The first kappa shape index (κ1) is 19.5. The number of anilines is 1. The fraction of sp³-hybridized carbons (Fsp3) is 0.562. The fourth-order valence-electron chi connectivity index (χ4n) is 2.25. The lowest BCUT2D eigenvalue weighted by Gasteiger charge is -2.24. The van der Waals surface area contributed by atoms with Gasteiger partial charge in [-0.15, -0.1) is 12.4 Å². The van der Waals surface area contributed by atoms with Crippen molar-refractivity contribution in [3.05, 3.63) is 17.7 Å². The number of amides is 1. The van der Waals surface area contributed by atoms with Crippen LogP contribution in [0.5, 0.6) is 11.5 Å². The maximum Gasteiger partial charge on any atom is 0.224 e.